The van der Waals surface area contributed by atoms with Gasteiger partial charge in [0, 0.05) is 49.5 Å². The number of thiazole rings is 1. The molecule has 1 aliphatic heterocycles. The molecule has 0 aliphatic carbocycles. The van der Waals surface area contributed by atoms with E-state index in [-0.39, 0.29) is 11.8 Å². The molecule has 4 N–H and O–H groups in total. The van der Waals surface area contributed by atoms with Crippen LogP contribution in [0.3, 0.4) is 0 Å². The van der Waals surface area contributed by atoms with Crippen LogP contribution in [0, 0.1) is 0 Å². The topological polar surface area (TPSA) is 107 Å². The average Bonchev–Trinajstić information content (AvgIpc) is 3.61. The van der Waals surface area contributed by atoms with Gasteiger partial charge in [0.1, 0.15) is 0 Å². The number of fused-ring (bicyclic) bond motifs is 1. The van der Waals surface area contributed by atoms with E-state index in [1.807, 2.05) is 61.0 Å². The molecule has 2 atom stereocenters. The second kappa shape index (κ2) is 13.0. The molecule has 8 nitrogen and oxygen atoms in total. The quantitative estimate of drug-likeness (QED) is 0.206. The summed E-state index contributed by atoms with van der Waals surface area (Å²) in [6.45, 7) is 4.22. The molecule has 0 radical (unpaired) electrons. The van der Waals surface area contributed by atoms with Crippen molar-refractivity contribution in [3.05, 3.63) is 88.9 Å². The van der Waals surface area contributed by atoms with E-state index in [1.165, 1.54) is 0 Å². The van der Waals surface area contributed by atoms with E-state index in [9.17, 15) is 14.7 Å². The molecule has 1 saturated heterocycles. The molecule has 0 saturated carbocycles. The summed E-state index contributed by atoms with van der Waals surface area (Å²) in [5.41, 5.74) is 6.89. The minimum Gasteiger partial charge on any atom is -0.390 e. The van der Waals surface area contributed by atoms with Gasteiger partial charge in [-0.05, 0) is 61.2 Å². The number of aromatic nitrogens is 1. The monoisotopic (exact) mass is 557 g/mol. The maximum absolute atomic E-state index is 13.6. The fourth-order valence-electron chi connectivity index (χ4n) is 5.04. The van der Waals surface area contributed by atoms with Crippen LogP contribution in [-0.2, 0) is 17.8 Å². The van der Waals surface area contributed by atoms with E-state index >= 15 is 0 Å². The average molecular weight is 558 g/mol. The molecule has 9 heteroatoms. The van der Waals surface area contributed by atoms with Crippen LogP contribution in [-0.4, -0.2) is 53.7 Å². The highest BCUT2D eigenvalue weighted by molar-refractivity contribution is 7.16. The number of nitrogens with one attached hydrogen (secondary N) is 3. The molecule has 3 aromatic carbocycles. The third-order valence-corrected chi connectivity index (χ3v) is 7.90. The van der Waals surface area contributed by atoms with Crippen molar-refractivity contribution in [3.8, 4) is 0 Å². The first-order chi connectivity index (χ1) is 19.5. The van der Waals surface area contributed by atoms with Crippen LogP contribution in [0.2, 0.25) is 0 Å². The number of benzene rings is 3. The number of amides is 2. The van der Waals surface area contributed by atoms with Crippen molar-refractivity contribution in [2.24, 2.45) is 0 Å². The first-order valence-electron chi connectivity index (χ1n) is 13.7. The third kappa shape index (κ3) is 6.85. The van der Waals surface area contributed by atoms with Crippen LogP contribution in [0.15, 0.2) is 72.2 Å². The van der Waals surface area contributed by atoms with Crippen molar-refractivity contribution in [3.63, 3.8) is 0 Å². The van der Waals surface area contributed by atoms with Crippen LogP contribution in [0.5, 0.6) is 0 Å². The predicted octanol–water partition coefficient (Wildman–Crippen LogP) is 4.35. The lowest BCUT2D eigenvalue weighted by atomic mass is 10.00. The summed E-state index contributed by atoms with van der Waals surface area (Å²) in [5, 5.41) is 20.9. The van der Waals surface area contributed by atoms with Gasteiger partial charge in [-0.1, -0.05) is 36.4 Å². The normalized spacial score (nSPS) is 14.8. The van der Waals surface area contributed by atoms with E-state index < -0.39 is 12.1 Å². The van der Waals surface area contributed by atoms with Crippen molar-refractivity contribution in [1.82, 2.24) is 15.6 Å². The van der Waals surface area contributed by atoms with Gasteiger partial charge in [0.2, 0.25) is 5.91 Å². The second-order valence-corrected chi connectivity index (χ2v) is 11.0. The van der Waals surface area contributed by atoms with Crippen molar-refractivity contribution in [2.75, 3.05) is 29.9 Å². The minimum atomic E-state index is -0.826. The zero-order valence-corrected chi connectivity index (χ0v) is 23.4. The maximum atomic E-state index is 13.6. The fraction of sp³-hybridized carbons (Fsp3) is 0.323. The second-order valence-electron chi connectivity index (χ2n) is 10.1. The Kier molecular flexibility index (Phi) is 9.05. The summed E-state index contributed by atoms with van der Waals surface area (Å²) >= 11 is 1.60. The Hall–Kier alpha value is -3.79. The predicted molar refractivity (Wildman–Crippen MR) is 161 cm³/mol. The standard InChI is InChI=1S/C31H35N5O3S/c1-2-33-24-15-23(16-25(17-24)36-12-6-9-30(36)38)31(39)35-27(13-21-7-4-3-5-8-21)28(37)19-32-18-22-10-11-26-29(14-22)40-20-34-26/h3-5,7-8,10-11,14-17,20,27-28,32-33,37H,2,6,9,12-13,18-19H2,1H3,(H,35,39)/t27-,28+/m0/s1. The molecule has 4 aromatic rings. The molecular weight excluding hydrogens is 522 g/mol. The van der Waals surface area contributed by atoms with E-state index in [2.05, 4.69) is 27.0 Å². The van der Waals surface area contributed by atoms with Crippen LogP contribution < -0.4 is 20.9 Å². The zero-order valence-electron chi connectivity index (χ0n) is 22.6. The Labute approximate surface area is 238 Å². The van der Waals surface area contributed by atoms with Gasteiger partial charge in [-0.3, -0.25) is 9.59 Å². The molecule has 2 heterocycles. The number of hydrogen-bond donors (Lipinski definition) is 4. The molecule has 1 aromatic heterocycles. The van der Waals surface area contributed by atoms with Crippen LogP contribution in [0.4, 0.5) is 11.4 Å². The van der Waals surface area contributed by atoms with Crippen LogP contribution in [0.1, 0.15) is 41.3 Å². The van der Waals surface area contributed by atoms with E-state index in [4.69, 9.17) is 0 Å². The number of nitrogens with zero attached hydrogens (tertiary/aromatic N) is 2. The van der Waals surface area contributed by atoms with Gasteiger partial charge < -0.3 is 26.0 Å². The maximum Gasteiger partial charge on any atom is 0.251 e. The first kappa shape index (κ1) is 27.8. The number of hydrogen-bond acceptors (Lipinski definition) is 7. The summed E-state index contributed by atoms with van der Waals surface area (Å²) in [6.07, 6.45) is 0.978. The Bertz CT molecular complexity index is 1460. The number of carbonyl (C=O) groups is 2. The lowest BCUT2D eigenvalue weighted by Gasteiger charge is -2.25. The molecule has 1 fully saturated rings. The molecule has 0 unspecified atom stereocenters. The van der Waals surface area contributed by atoms with Crippen molar-refractivity contribution < 1.29 is 14.7 Å². The number of aliphatic hydroxyl groups excluding tert-OH is 1. The van der Waals surface area contributed by atoms with E-state index in [1.54, 1.807) is 28.4 Å². The molecule has 5 rings (SSSR count). The molecule has 2 amide bonds. The largest absolute Gasteiger partial charge is 0.390 e. The highest BCUT2D eigenvalue weighted by Crippen LogP contribution is 2.27. The minimum absolute atomic E-state index is 0.0675. The summed E-state index contributed by atoms with van der Waals surface area (Å²) in [5.74, 6) is -0.221. The Balaban J connectivity index is 1.30. The number of rotatable bonds is 12. The van der Waals surface area contributed by atoms with E-state index in [0.717, 1.165) is 33.5 Å². The highest BCUT2D eigenvalue weighted by atomic mass is 32.1. The molecular formula is C31H35N5O3S. The zero-order chi connectivity index (χ0) is 27.9. The first-order valence-corrected chi connectivity index (χ1v) is 14.6. The highest BCUT2D eigenvalue weighted by Gasteiger charge is 2.25. The van der Waals surface area contributed by atoms with Gasteiger partial charge in [-0.15, -0.1) is 11.3 Å². The van der Waals surface area contributed by atoms with Crippen molar-refractivity contribution >= 4 is 44.7 Å². The lowest BCUT2D eigenvalue weighted by molar-refractivity contribution is -0.117. The molecule has 1 aliphatic rings. The van der Waals surface area contributed by atoms with Gasteiger partial charge in [0.15, 0.2) is 0 Å². The van der Waals surface area contributed by atoms with Crippen molar-refractivity contribution in [1.29, 1.82) is 0 Å². The molecule has 208 valence electrons. The Morgan fingerprint density at radius 3 is 2.73 bits per heavy atom. The summed E-state index contributed by atoms with van der Waals surface area (Å²) in [7, 11) is 0. The molecule has 0 spiro atoms. The lowest BCUT2D eigenvalue weighted by Crippen LogP contribution is -2.48. The van der Waals surface area contributed by atoms with E-state index in [0.29, 0.717) is 50.3 Å². The number of anilines is 2. The van der Waals surface area contributed by atoms with Crippen LogP contribution >= 0.6 is 11.3 Å². The van der Waals surface area contributed by atoms with Crippen LogP contribution in [0.25, 0.3) is 10.2 Å². The SMILES string of the molecule is CCNc1cc(C(=O)N[C@@H](Cc2ccccc2)[C@H](O)CNCc2ccc3ncsc3c2)cc(N2CCCC2=O)c1. The Morgan fingerprint density at radius 1 is 1.10 bits per heavy atom. The van der Waals surface area contributed by atoms with Gasteiger partial charge >= 0.3 is 0 Å². The summed E-state index contributed by atoms with van der Waals surface area (Å²) in [4.78, 5) is 32.0. The van der Waals surface area contributed by atoms with Gasteiger partial charge in [0.25, 0.3) is 5.91 Å². The summed E-state index contributed by atoms with van der Waals surface area (Å²) in [6, 6.07) is 20.9. The van der Waals surface area contributed by atoms with Gasteiger partial charge in [-0.25, -0.2) is 4.98 Å². The number of carbonyl (C=O) groups excluding carboxylic acids is 2. The Morgan fingerprint density at radius 2 is 1.95 bits per heavy atom. The van der Waals surface area contributed by atoms with Crippen molar-refractivity contribution in [2.45, 2.75) is 44.9 Å². The van der Waals surface area contributed by atoms with Gasteiger partial charge in [-0.2, -0.15) is 0 Å². The van der Waals surface area contributed by atoms with Gasteiger partial charge in [0.05, 0.1) is 27.9 Å². The smallest absolute Gasteiger partial charge is 0.251 e. The molecule has 0 bridgehead atoms. The third-order valence-electron chi connectivity index (χ3n) is 7.10. The number of aliphatic hydroxyl groups is 1. The fourth-order valence-corrected chi connectivity index (χ4v) is 5.79. The summed E-state index contributed by atoms with van der Waals surface area (Å²) < 4.78 is 1.13. The molecule has 40 heavy (non-hydrogen) atoms.